The topological polar surface area (TPSA) is 21.3 Å². The number of hydrogen-bond donors (Lipinski definition) is 1. The summed E-state index contributed by atoms with van der Waals surface area (Å²) in [6.07, 6.45) is 0. The Morgan fingerprint density at radius 2 is 2.12 bits per heavy atom. The summed E-state index contributed by atoms with van der Waals surface area (Å²) in [4.78, 5) is 1.25. The minimum absolute atomic E-state index is 0.908. The molecular weight excluding hydrogens is 218 g/mol. The molecule has 3 heteroatoms. The molecule has 0 aliphatic carbocycles. The fourth-order valence-corrected chi connectivity index (χ4v) is 2.61. The molecule has 0 unspecified atom stereocenters. The number of para-hydroxylation sites is 1. The number of benzene rings is 1. The lowest BCUT2D eigenvalue weighted by molar-refractivity contribution is 0.416. The van der Waals surface area contributed by atoms with E-state index >= 15 is 0 Å². The third-order valence-electron chi connectivity index (χ3n) is 2.41. The second-order valence-corrected chi connectivity index (χ2v) is 4.46. The highest BCUT2D eigenvalue weighted by atomic mass is 32.1. The quantitative estimate of drug-likeness (QED) is 0.876. The van der Waals surface area contributed by atoms with Gasteiger partial charge in [0, 0.05) is 17.0 Å². The van der Waals surface area contributed by atoms with E-state index in [4.69, 9.17) is 4.74 Å². The smallest absolute Gasteiger partial charge is 0.127 e. The molecule has 2 nitrogen and oxygen atoms in total. The first kappa shape index (κ1) is 11.2. The first-order valence-electron chi connectivity index (χ1n) is 5.20. The van der Waals surface area contributed by atoms with Crippen LogP contribution in [0.5, 0.6) is 5.75 Å². The predicted octanol–water partition coefficient (Wildman–Crippen LogP) is 3.14. The van der Waals surface area contributed by atoms with E-state index in [0.29, 0.717) is 0 Å². The molecule has 84 valence electrons. The Bertz CT molecular complexity index is 464. The fourth-order valence-electron chi connectivity index (χ4n) is 1.66. The summed E-state index contributed by atoms with van der Waals surface area (Å²) in [6.45, 7) is 0.908. The summed E-state index contributed by atoms with van der Waals surface area (Å²) in [5.41, 5.74) is 2.48. The molecule has 2 rings (SSSR count). The van der Waals surface area contributed by atoms with E-state index in [-0.39, 0.29) is 0 Å². The Morgan fingerprint density at radius 1 is 1.31 bits per heavy atom. The van der Waals surface area contributed by atoms with Crippen molar-refractivity contribution in [3.05, 3.63) is 41.3 Å². The van der Waals surface area contributed by atoms with Crippen molar-refractivity contribution in [3.8, 4) is 16.2 Å². The van der Waals surface area contributed by atoms with E-state index < -0.39 is 0 Å². The first-order chi connectivity index (χ1) is 7.85. The summed E-state index contributed by atoms with van der Waals surface area (Å²) in [5, 5.41) is 5.33. The lowest BCUT2D eigenvalue weighted by atomic mass is 10.1. The molecule has 1 aromatic heterocycles. The molecule has 0 atom stereocenters. The van der Waals surface area contributed by atoms with Gasteiger partial charge in [0.2, 0.25) is 0 Å². The summed E-state index contributed by atoms with van der Waals surface area (Å²) in [5.74, 6) is 0.931. The van der Waals surface area contributed by atoms with Crippen LogP contribution in [0.1, 0.15) is 5.56 Å². The van der Waals surface area contributed by atoms with Crippen molar-refractivity contribution >= 4 is 11.3 Å². The number of hydrogen-bond acceptors (Lipinski definition) is 3. The largest absolute Gasteiger partial charge is 0.496 e. The number of ether oxygens (including phenoxy) is 1. The number of thiophene rings is 1. The number of methoxy groups -OCH3 is 1. The monoisotopic (exact) mass is 233 g/mol. The maximum Gasteiger partial charge on any atom is 0.127 e. The molecule has 0 radical (unpaired) electrons. The standard InChI is InChI=1S/C13H15NOS/c1-14-8-10-7-13(16-9-10)11-5-3-4-6-12(11)15-2/h3-7,9,14H,8H2,1-2H3. The lowest BCUT2D eigenvalue weighted by Crippen LogP contribution is -2.03. The summed E-state index contributed by atoms with van der Waals surface area (Å²) >= 11 is 1.75. The highest BCUT2D eigenvalue weighted by Crippen LogP contribution is 2.34. The van der Waals surface area contributed by atoms with Crippen LogP contribution in [0.25, 0.3) is 10.4 Å². The Labute approximate surface area is 99.9 Å². The molecule has 1 N–H and O–H groups in total. The normalized spacial score (nSPS) is 10.4. The van der Waals surface area contributed by atoms with Gasteiger partial charge in [-0.25, -0.2) is 0 Å². The SMILES string of the molecule is CNCc1csc(-c2ccccc2OC)c1. The zero-order valence-corrected chi connectivity index (χ0v) is 10.3. The zero-order chi connectivity index (χ0) is 11.4. The van der Waals surface area contributed by atoms with Crippen molar-refractivity contribution in [2.75, 3.05) is 14.2 Å². The maximum absolute atomic E-state index is 5.36. The van der Waals surface area contributed by atoms with Crippen LogP contribution in [0.2, 0.25) is 0 Å². The second-order valence-electron chi connectivity index (χ2n) is 3.55. The van der Waals surface area contributed by atoms with E-state index in [0.717, 1.165) is 17.9 Å². The van der Waals surface area contributed by atoms with Gasteiger partial charge in [0.25, 0.3) is 0 Å². The third-order valence-corrected chi connectivity index (χ3v) is 3.42. The molecule has 0 aliphatic rings. The van der Waals surface area contributed by atoms with E-state index in [1.165, 1.54) is 10.4 Å². The summed E-state index contributed by atoms with van der Waals surface area (Å²) in [6, 6.07) is 10.3. The molecule has 2 aromatic rings. The van der Waals surface area contributed by atoms with Crippen LogP contribution in [0.15, 0.2) is 35.7 Å². The Hall–Kier alpha value is -1.32. The van der Waals surface area contributed by atoms with Crippen LogP contribution in [-0.2, 0) is 6.54 Å². The average molecular weight is 233 g/mol. The lowest BCUT2D eigenvalue weighted by Gasteiger charge is -2.05. The van der Waals surface area contributed by atoms with E-state index in [1.807, 2.05) is 25.2 Å². The van der Waals surface area contributed by atoms with Crippen molar-refractivity contribution in [2.24, 2.45) is 0 Å². The Balaban J connectivity index is 2.34. The molecule has 1 aromatic carbocycles. The minimum atomic E-state index is 0.908. The van der Waals surface area contributed by atoms with Gasteiger partial charge in [-0.1, -0.05) is 12.1 Å². The van der Waals surface area contributed by atoms with Crippen LogP contribution in [0.3, 0.4) is 0 Å². The molecule has 0 saturated heterocycles. The zero-order valence-electron chi connectivity index (χ0n) is 9.49. The van der Waals surface area contributed by atoms with Crippen LogP contribution < -0.4 is 10.1 Å². The highest BCUT2D eigenvalue weighted by Gasteiger charge is 2.07. The molecule has 0 aliphatic heterocycles. The average Bonchev–Trinajstić information content (AvgIpc) is 2.78. The molecule has 0 fully saturated rings. The van der Waals surface area contributed by atoms with Gasteiger partial charge < -0.3 is 10.1 Å². The van der Waals surface area contributed by atoms with Gasteiger partial charge >= 0.3 is 0 Å². The van der Waals surface area contributed by atoms with Gasteiger partial charge in [0.15, 0.2) is 0 Å². The summed E-state index contributed by atoms with van der Waals surface area (Å²) < 4.78 is 5.36. The van der Waals surface area contributed by atoms with Gasteiger partial charge in [0.05, 0.1) is 7.11 Å². The number of nitrogens with one attached hydrogen (secondary N) is 1. The molecule has 16 heavy (non-hydrogen) atoms. The van der Waals surface area contributed by atoms with Gasteiger partial charge in [-0.2, -0.15) is 0 Å². The second kappa shape index (κ2) is 5.14. The highest BCUT2D eigenvalue weighted by molar-refractivity contribution is 7.13. The van der Waals surface area contributed by atoms with Crippen molar-refractivity contribution in [1.82, 2.24) is 5.32 Å². The Morgan fingerprint density at radius 3 is 2.88 bits per heavy atom. The van der Waals surface area contributed by atoms with E-state index in [2.05, 4.69) is 22.8 Å². The van der Waals surface area contributed by atoms with Crippen LogP contribution >= 0.6 is 11.3 Å². The van der Waals surface area contributed by atoms with Crippen molar-refractivity contribution in [2.45, 2.75) is 6.54 Å². The summed E-state index contributed by atoms with van der Waals surface area (Å²) in [7, 11) is 3.67. The van der Waals surface area contributed by atoms with Crippen molar-refractivity contribution < 1.29 is 4.74 Å². The van der Waals surface area contributed by atoms with E-state index in [9.17, 15) is 0 Å². The molecule has 1 heterocycles. The van der Waals surface area contributed by atoms with Crippen LogP contribution in [0, 0.1) is 0 Å². The third kappa shape index (κ3) is 2.26. The van der Waals surface area contributed by atoms with Crippen molar-refractivity contribution in [1.29, 1.82) is 0 Å². The molecule has 0 spiro atoms. The van der Waals surface area contributed by atoms with E-state index in [1.54, 1.807) is 18.4 Å². The molecule has 0 amide bonds. The maximum atomic E-state index is 5.36. The molecule has 0 saturated carbocycles. The van der Waals surface area contributed by atoms with Gasteiger partial charge in [-0.15, -0.1) is 11.3 Å². The van der Waals surface area contributed by atoms with Crippen LogP contribution in [-0.4, -0.2) is 14.2 Å². The molecule has 0 bridgehead atoms. The van der Waals surface area contributed by atoms with Crippen molar-refractivity contribution in [3.63, 3.8) is 0 Å². The minimum Gasteiger partial charge on any atom is -0.496 e. The van der Waals surface area contributed by atoms with Gasteiger partial charge in [0.1, 0.15) is 5.75 Å². The van der Waals surface area contributed by atoms with Gasteiger partial charge in [-0.05, 0) is 36.2 Å². The fraction of sp³-hybridized carbons (Fsp3) is 0.231. The Kier molecular flexibility index (Phi) is 3.59. The predicted molar refractivity (Wildman–Crippen MR) is 69.1 cm³/mol. The molecular formula is C13H15NOS. The van der Waals surface area contributed by atoms with Crippen LogP contribution in [0.4, 0.5) is 0 Å². The van der Waals surface area contributed by atoms with Gasteiger partial charge in [-0.3, -0.25) is 0 Å². The first-order valence-corrected chi connectivity index (χ1v) is 6.08. The number of rotatable bonds is 4.